The van der Waals surface area contributed by atoms with Gasteiger partial charge in [0.05, 0.1) is 16.9 Å². The van der Waals surface area contributed by atoms with E-state index in [4.69, 9.17) is 4.98 Å². The molecule has 2 heterocycles. The van der Waals surface area contributed by atoms with E-state index in [0.29, 0.717) is 13.1 Å². The van der Waals surface area contributed by atoms with Crippen LogP contribution in [0.4, 0.5) is 4.39 Å². The van der Waals surface area contributed by atoms with Crippen molar-refractivity contribution in [2.24, 2.45) is 0 Å². The van der Waals surface area contributed by atoms with Crippen LogP contribution in [0.3, 0.4) is 0 Å². The van der Waals surface area contributed by atoms with Gasteiger partial charge in [-0.1, -0.05) is 49.6 Å². The normalized spacial score (nSPS) is 14.4. The summed E-state index contributed by atoms with van der Waals surface area (Å²) in [6, 6.07) is 20.0. The molecular formula is C29H31FN4O2. The van der Waals surface area contributed by atoms with Crippen LogP contribution in [0.5, 0.6) is 0 Å². The first-order valence-electron chi connectivity index (χ1n) is 12.2. The predicted octanol–water partition coefficient (Wildman–Crippen LogP) is 6.02. The molecule has 186 valence electrons. The van der Waals surface area contributed by atoms with Crippen LogP contribution in [-0.2, 0) is 21.7 Å². The highest BCUT2D eigenvalue weighted by Gasteiger charge is 2.36. The molecule has 5 rings (SSSR count). The predicted molar refractivity (Wildman–Crippen MR) is 138 cm³/mol. The third-order valence-electron chi connectivity index (χ3n) is 6.59. The van der Waals surface area contributed by atoms with Crippen LogP contribution in [0.1, 0.15) is 43.5 Å². The number of nitrogens with zero attached hydrogens (tertiary/aromatic N) is 2. The number of carbonyl (C=O) groups is 1. The van der Waals surface area contributed by atoms with E-state index in [9.17, 15) is 9.18 Å². The number of ether oxygens (including phenoxy) is 1. The zero-order valence-corrected chi connectivity index (χ0v) is 20.4. The van der Waals surface area contributed by atoms with E-state index in [2.05, 4.69) is 20.0 Å². The summed E-state index contributed by atoms with van der Waals surface area (Å²) >= 11 is 0. The monoisotopic (exact) mass is 486 g/mol. The van der Waals surface area contributed by atoms with Crippen LogP contribution in [0.15, 0.2) is 79.1 Å². The molecule has 0 unspecified atom stereocenters. The minimum absolute atomic E-state index is 0.127. The molecule has 7 heteroatoms. The molecule has 6 nitrogen and oxygen atoms in total. The molecule has 1 aliphatic rings. The number of aromatic amines is 1. The molecule has 0 saturated heterocycles. The van der Waals surface area contributed by atoms with Gasteiger partial charge in [-0.3, -0.25) is 9.78 Å². The largest absolute Gasteiger partial charge is 0.463 e. The van der Waals surface area contributed by atoms with E-state index < -0.39 is 0 Å². The summed E-state index contributed by atoms with van der Waals surface area (Å²) < 4.78 is 17.9. The van der Waals surface area contributed by atoms with Gasteiger partial charge in [0.15, 0.2) is 0 Å². The lowest BCUT2D eigenvalue weighted by atomic mass is 9.81. The molecule has 1 aliphatic carbocycles. The molecule has 0 bridgehead atoms. The van der Waals surface area contributed by atoms with Crippen LogP contribution in [0.2, 0.25) is 0 Å². The van der Waals surface area contributed by atoms with Gasteiger partial charge in [-0.15, -0.1) is 0 Å². The van der Waals surface area contributed by atoms with Crippen LogP contribution in [0, 0.1) is 5.82 Å². The van der Waals surface area contributed by atoms with Crippen LogP contribution < -0.4 is 5.32 Å². The Hall–Kier alpha value is -3.84. The first-order valence-corrected chi connectivity index (χ1v) is 12.2. The van der Waals surface area contributed by atoms with E-state index in [1.165, 1.54) is 31.4 Å². The Bertz CT molecular complexity index is 1220. The molecule has 0 atom stereocenters. The molecule has 1 fully saturated rings. The molecule has 2 N–H and O–H groups in total. The number of aromatic nitrogens is 3. The lowest BCUT2D eigenvalue weighted by Gasteiger charge is -2.35. The van der Waals surface area contributed by atoms with Gasteiger partial charge >= 0.3 is 0 Å². The van der Waals surface area contributed by atoms with Crippen molar-refractivity contribution in [3.05, 3.63) is 96.3 Å². The fourth-order valence-corrected chi connectivity index (χ4v) is 4.61. The number of hydrogen-bond donors (Lipinski definition) is 2. The van der Waals surface area contributed by atoms with Crippen LogP contribution in [0.25, 0.3) is 22.5 Å². The van der Waals surface area contributed by atoms with Gasteiger partial charge in [0, 0.05) is 23.5 Å². The highest BCUT2D eigenvalue weighted by atomic mass is 19.1. The number of rotatable bonds is 7. The maximum absolute atomic E-state index is 13.4. The summed E-state index contributed by atoms with van der Waals surface area (Å²) in [7, 11) is 2.01. The van der Waals surface area contributed by atoms with Crippen molar-refractivity contribution in [3.63, 3.8) is 0 Å². The molecule has 4 aromatic rings. The number of benzene rings is 2. The number of halogens is 1. The summed E-state index contributed by atoms with van der Waals surface area (Å²) in [5.41, 5.74) is 4.62. The molecule has 0 aliphatic heterocycles. The molecule has 0 amide bonds. The van der Waals surface area contributed by atoms with Crippen molar-refractivity contribution in [3.8, 4) is 22.5 Å². The first kappa shape index (κ1) is 25.3. The zero-order valence-electron chi connectivity index (χ0n) is 20.4. The Morgan fingerprint density at radius 1 is 0.972 bits per heavy atom. The number of H-pyrrole nitrogens is 1. The standard InChI is InChI=1S/C21H23FN4.C8H8O2/c1-23-21(11-3-2-4-12-21)20-25-18(15-5-7-17(22)8-6-15)19(26-20)16-9-13-24-14-10-16;9-7-10-6-8-4-2-1-3-5-8/h5-10,13-14,23H,2-4,11-12H2,1H3,(H,25,26);1-5,7H,6H2. The summed E-state index contributed by atoms with van der Waals surface area (Å²) in [4.78, 5) is 22.4. The smallest absolute Gasteiger partial charge is 0.293 e. The average molecular weight is 487 g/mol. The fourth-order valence-electron chi connectivity index (χ4n) is 4.61. The van der Waals surface area contributed by atoms with E-state index in [0.717, 1.165) is 46.7 Å². The Kier molecular flexibility index (Phi) is 8.57. The van der Waals surface area contributed by atoms with Crippen LogP contribution in [-0.4, -0.2) is 28.5 Å². The molecule has 2 aromatic heterocycles. The molecule has 1 saturated carbocycles. The zero-order chi connectivity index (χ0) is 25.2. The number of nitrogens with one attached hydrogen (secondary N) is 2. The van der Waals surface area contributed by atoms with Crippen molar-refractivity contribution < 1.29 is 13.9 Å². The molecule has 36 heavy (non-hydrogen) atoms. The highest BCUT2D eigenvalue weighted by Crippen LogP contribution is 2.39. The number of hydrogen-bond acceptors (Lipinski definition) is 5. The maximum Gasteiger partial charge on any atom is 0.293 e. The summed E-state index contributed by atoms with van der Waals surface area (Å²) in [6.45, 7) is 0.817. The maximum atomic E-state index is 13.4. The van der Waals surface area contributed by atoms with Gasteiger partial charge in [0.2, 0.25) is 0 Å². The first-order chi connectivity index (χ1) is 17.6. The third kappa shape index (κ3) is 6.04. The second kappa shape index (κ2) is 12.2. The Morgan fingerprint density at radius 2 is 1.67 bits per heavy atom. The van der Waals surface area contributed by atoms with Gasteiger partial charge in [0.25, 0.3) is 6.47 Å². The Balaban J connectivity index is 0.000000256. The van der Waals surface area contributed by atoms with Gasteiger partial charge in [-0.05, 0) is 61.9 Å². The van der Waals surface area contributed by atoms with Crippen molar-refractivity contribution >= 4 is 6.47 Å². The average Bonchev–Trinajstić information content (AvgIpc) is 3.40. The summed E-state index contributed by atoms with van der Waals surface area (Å²) in [6.07, 6.45) is 9.34. The highest BCUT2D eigenvalue weighted by molar-refractivity contribution is 5.78. The molecule has 2 aromatic carbocycles. The fraction of sp³-hybridized carbons (Fsp3) is 0.276. The Morgan fingerprint density at radius 3 is 2.31 bits per heavy atom. The molecule has 0 radical (unpaired) electrons. The third-order valence-corrected chi connectivity index (χ3v) is 6.59. The number of carbonyl (C=O) groups excluding carboxylic acids is 1. The lowest BCUT2D eigenvalue weighted by molar-refractivity contribution is -0.129. The van der Waals surface area contributed by atoms with E-state index in [1.54, 1.807) is 24.5 Å². The van der Waals surface area contributed by atoms with Crippen molar-refractivity contribution in [1.29, 1.82) is 0 Å². The van der Waals surface area contributed by atoms with E-state index >= 15 is 0 Å². The topological polar surface area (TPSA) is 79.9 Å². The van der Waals surface area contributed by atoms with E-state index in [-0.39, 0.29) is 11.4 Å². The van der Waals surface area contributed by atoms with Crippen molar-refractivity contribution in [2.75, 3.05) is 7.05 Å². The number of pyridine rings is 1. The second-order valence-electron chi connectivity index (χ2n) is 8.84. The minimum Gasteiger partial charge on any atom is -0.463 e. The minimum atomic E-state index is -0.242. The summed E-state index contributed by atoms with van der Waals surface area (Å²) in [5, 5.41) is 3.52. The quantitative estimate of drug-likeness (QED) is 0.313. The molecule has 0 spiro atoms. The van der Waals surface area contributed by atoms with Gasteiger partial charge in [-0.2, -0.15) is 0 Å². The number of imidazole rings is 1. The summed E-state index contributed by atoms with van der Waals surface area (Å²) in [5.74, 6) is 0.722. The second-order valence-corrected chi connectivity index (χ2v) is 8.84. The van der Waals surface area contributed by atoms with E-state index in [1.807, 2.05) is 49.5 Å². The van der Waals surface area contributed by atoms with Crippen LogP contribution >= 0.6 is 0 Å². The SMILES string of the molecule is CNC1(c2nc(-c3ccc(F)cc3)c(-c3ccncc3)[nH]2)CCCCC1.O=COCc1ccccc1. The van der Waals surface area contributed by atoms with Gasteiger partial charge in [0.1, 0.15) is 18.2 Å². The van der Waals surface area contributed by atoms with Crippen molar-refractivity contribution in [2.45, 2.75) is 44.2 Å². The van der Waals surface area contributed by atoms with Gasteiger partial charge < -0.3 is 15.0 Å². The Labute approximate surface area is 211 Å². The molecular weight excluding hydrogens is 455 g/mol. The lowest BCUT2D eigenvalue weighted by Crippen LogP contribution is -2.42. The van der Waals surface area contributed by atoms with Gasteiger partial charge in [-0.25, -0.2) is 9.37 Å². The van der Waals surface area contributed by atoms with Crippen molar-refractivity contribution in [1.82, 2.24) is 20.3 Å².